The van der Waals surface area contributed by atoms with Gasteiger partial charge in [-0.1, -0.05) is 41.5 Å². The standard InChI is InChI=1S/C16H30OSi/c1-11-9-12-13(16(12,5)6)10-14(11)17-18(7,8)15(2,3)4/h10-13H,9H2,1-8H3/t11-,12-,13+/m1/s1. The van der Waals surface area contributed by atoms with E-state index in [1.54, 1.807) is 0 Å². The molecule has 2 aliphatic carbocycles. The zero-order valence-corrected chi connectivity index (χ0v) is 14.4. The van der Waals surface area contributed by atoms with Crippen molar-refractivity contribution in [2.24, 2.45) is 23.2 Å². The average Bonchev–Trinajstić information content (AvgIpc) is 2.67. The first-order chi connectivity index (χ1) is 7.97. The molecule has 0 amide bonds. The van der Waals surface area contributed by atoms with Gasteiger partial charge >= 0.3 is 0 Å². The predicted octanol–water partition coefficient (Wildman–Crippen LogP) is 5.20. The molecule has 0 radical (unpaired) electrons. The summed E-state index contributed by atoms with van der Waals surface area (Å²) in [5.74, 6) is 3.59. The van der Waals surface area contributed by atoms with E-state index >= 15 is 0 Å². The molecule has 18 heavy (non-hydrogen) atoms. The molecule has 2 heteroatoms. The number of hydrogen-bond acceptors (Lipinski definition) is 1. The van der Waals surface area contributed by atoms with E-state index < -0.39 is 8.32 Å². The van der Waals surface area contributed by atoms with Crippen molar-refractivity contribution in [1.29, 1.82) is 0 Å². The molecule has 0 spiro atoms. The van der Waals surface area contributed by atoms with Crippen molar-refractivity contribution in [2.75, 3.05) is 0 Å². The van der Waals surface area contributed by atoms with Gasteiger partial charge in [0, 0.05) is 5.92 Å². The van der Waals surface area contributed by atoms with E-state index in [2.05, 4.69) is 60.7 Å². The van der Waals surface area contributed by atoms with Crippen LogP contribution in [0.5, 0.6) is 0 Å². The second kappa shape index (κ2) is 3.88. The Balaban J connectivity index is 2.15. The normalized spacial score (nSPS) is 34.7. The smallest absolute Gasteiger partial charge is 0.250 e. The molecule has 0 heterocycles. The SMILES string of the molecule is C[C@@H]1C[C@@H]2[C@H](C=C1O[Si](C)(C)C(C)(C)C)C2(C)C. The Morgan fingerprint density at radius 1 is 1.28 bits per heavy atom. The number of fused-ring (bicyclic) bond motifs is 1. The Kier molecular flexibility index (Phi) is 3.05. The third-order valence-electron chi connectivity index (χ3n) is 5.76. The van der Waals surface area contributed by atoms with Crippen LogP contribution in [0.3, 0.4) is 0 Å². The summed E-state index contributed by atoms with van der Waals surface area (Å²) in [6.07, 6.45) is 3.78. The topological polar surface area (TPSA) is 9.23 Å². The lowest BCUT2D eigenvalue weighted by molar-refractivity contribution is 0.299. The molecule has 1 nitrogen and oxygen atoms in total. The molecule has 0 aliphatic heterocycles. The monoisotopic (exact) mass is 266 g/mol. The maximum Gasteiger partial charge on any atom is 0.250 e. The van der Waals surface area contributed by atoms with Crippen LogP contribution >= 0.6 is 0 Å². The fourth-order valence-corrected chi connectivity index (χ4v) is 4.15. The molecule has 1 fully saturated rings. The van der Waals surface area contributed by atoms with Crippen molar-refractivity contribution in [1.82, 2.24) is 0 Å². The maximum absolute atomic E-state index is 6.55. The van der Waals surface area contributed by atoms with Crippen LogP contribution in [0.1, 0.15) is 48.0 Å². The molecule has 0 aromatic rings. The average molecular weight is 267 g/mol. The van der Waals surface area contributed by atoms with E-state index in [0.29, 0.717) is 16.4 Å². The highest BCUT2D eigenvalue weighted by Gasteiger charge is 2.59. The minimum Gasteiger partial charge on any atom is -0.547 e. The summed E-state index contributed by atoms with van der Waals surface area (Å²) < 4.78 is 6.55. The van der Waals surface area contributed by atoms with Gasteiger partial charge in [-0.05, 0) is 47.9 Å². The highest BCUT2D eigenvalue weighted by atomic mass is 28.4. The summed E-state index contributed by atoms with van der Waals surface area (Å²) in [5, 5.41) is 0.295. The van der Waals surface area contributed by atoms with Crippen LogP contribution in [0.4, 0.5) is 0 Å². The fraction of sp³-hybridized carbons (Fsp3) is 0.875. The molecule has 2 rings (SSSR count). The van der Waals surface area contributed by atoms with Gasteiger partial charge in [0.1, 0.15) is 0 Å². The van der Waals surface area contributed by atoms with E-state index in [0.717, 1.165) is 11.8 Å². The molecule has 0 saturated heterocycles. The van der Waals surface area contributed by atoms with Gasteiger partial charge in [-0.15, -0.1) is 0 Å². The van der Waals surface area contributed by atoms with Gasteiger partial charge in [-0.3, -0.25) is 0 Å². The number of allylic oxidation sites excluding steroid dienone is 2. The molecule has 1 saturated carbocycles. The van der Waals surface area contributed by atoms with Gasteiger partial charge in [0.2, 0.25) is 8.32 Å². The first-order valence-electron chi connectivity index (χ1n) is 7.37. The van der Waals surface area contributed by atoms with Gasteiger partial charge in [0.25, 0.3) is 0 Å². The lowest BCUT2D eigenvalue weighted by atomic mass is 9.95. The Morgan fingerprint density at radius 2 is 1.83 bits per heavy atom. The van der Waals surface area contributed by atoms with Crippen molar-refractivity contribution in [3.05, 3.63) is 11.8 Å². The van der Waals surface area contributed by atoms with Gasteiger partial charge in [0.05, 0.1) is 5.76 Å². The lowest BCUT2D eigenvalue weighted by Gasteiger charge is -2.39. The van der Waals surface area contributed by atoms with Crippen molar-refractivity contribution in [2.45, 2.75) is 66.1 Å². The Morgan fingerprint density at radius 3 is 2.33 bits per heavy atom. The molecule has 0 bridgehead atoms. The van der Waals surface area contributed by atoms with E-state index in [-0.39, 0.29) is 0 Å². The zero-order valence-electron chi connectivity index (χ0n) is 13.4. The lowest BCUT2D eigenvalue weighted by Crippen LogP contribution is -2.41. The number of hydrogen-bond donors (Lipinski definition) is 0. The summed E-state index contributed by atoms with van der Waals surface area (Å²) in [7, 11) is -1.66. The van der Waals surface area contributed by atoms with Crippen molar-refractivity contribution >= 4 is 8.32 Å². The summed E-state index contributed by atoms with van der Waals surface area (Å²) in [5.41, 5.74) is 0.521. The molecular formula is C16H30OSi. The van der Waals surface area contributed by atoms with Gasteiger partial charge in [-0.2, -0.15) is 0 Å². The maximum atomic E-state index is 6.55. The van der Waals surface area contributed by atoms with Crippen LogP contribution in [0.2, 0.25) is 18.1 Å². The van der Waals surface area contributed by atoms with Gasteiger partial charge in [-0.25, -0.2) is 0 Å². The molecule has 0 aromatic heterocycles. The fourth-order valence-electron chi connectivity index (χ4n) is 2.99. The van der Waals surface area contributed by atoms with Gasteiger partial charge < -0.3 is 4.43 Å². The first kappa shape index (κ1) is 14.2. The second-order valence-corrected chi connectivity index (χ2v) is 13.2. The first-order valence-corrected chi connectivity index (χ1v) is 10.3. The zero-order chi connectivity index (χ0) is 13.9. The van der Waals surface area contributed by atoms with Crippen LogP contribution in [0, 0.1) is 23.2 Å². The molecule has 0 N–H and O–H groups in total. The summed E-state index contributed by atoms with van der Waals surface area (Å²) in [4.78, 5) is 0. The van der Waals surface area contributed by atoms with Crippen LogP contribution in [-0.4, -0.2) is 8.32 Å². The van der Waals surface area contributed by atoms with E-state index in [1.165, 1.54) is 12.2 Å². The van der Waals surface area contributed by atoms with E-state index in [1.807, 2.05) is 0 Å². The Hall–Kier alpha value is -0.243. The van der Waals surface area contributed by atoms with Crippen molar-refractivity contribution < 1.29 is 4.43 Å². The summed E-state index contributed by atoms with van der Waals surface area (Å²) >= 11 is 0. The molecular weight excluding hydrogens is 236 g/mol. The molecule has 0 aromatic carbocycles. The van der Waals surface area contributed by atoms with Crippen molar-refractivity contribution in [3.8, 4) is 0 Å². The Bertz CT molecular complexity index is 373. The minimum absolute atomic E-state index is 0.295. The highest BCUT2D eigenvalue weighted by Crippen LogP contribution is 2.64. The van der Waals surface area contributed by atoms with E-state index in [9.17, 15) is 0 Å². The molecule has 3 atom stereocenters. The minimum atomic E-state index is -1.66. The van der Waals surface area contributed by atoms with E-state index in [4.69, 9.17) is 4.43 Å². The van der Waals surface area contributed by atoms with Crippen LogP contribution in [0.25, 0.3) is 0 Å². The third-order valence-corrected chi connectivity index (χ3v) is 10.1. The van der Waals surface area contributed by atoms with Gasteiger partial charge in [0.15, 0.2) is 0 Å². The largest absolute Gasteiger partial charge is 0.547 e. The van der Waals surface area contributed by atoms with Crippen molar-refractivity contribution in [3.63, 3.8) is 0 Å². The molecule has 104 valence electrons. The second-order valence-electron chi connectivity index (χ2n) is 8.52. The summed E-state index contributed by atoms with van der Waals surface area (Å²) in [6, 6.07) is 0. The third kappa shape index (κ3) is 2.17. The quantitative estimate of drug-likeness (QED) is 0.624. The van der Waals surface area contributed by atoms with Crippen LogP contribution in [0.15, 0.2) is 11.8 Å². The summed E-state index contributed by atoms with van der Waals surface area (Å²) in [6.45, 7) is 18.8. The highest BCUT2D eigenvalue weighted by molar-refractivity contribution is 6.74. The molecule has 2 aliphatic rings. The Labute approximate surface area is 114 Å². The predicted molar refractivity (Wildman–Crippen MR) is 80.9 cm³/mol. The van der Waals surface area contributed by atoms with Crippen LogP contribution < -0.4 is 0 Å². The van der Waals surface area contributed by atoms with Crippen LogP contribution in [-0.2, 0) is 4.43 Å². The molecule has 0 unspecified atom stereocenters. The number of rotatable bonds is 2.